The maximum absolute atomic E-state index is 12.5. The predicted molar refractivity (Wildman–Crippen MR) is 99.4 cm³/mol. The van der Waals surface area contributed by atoms with Crippen molar-refractivity contribution in [2.24, 2.45) is 5.92 Å². The van der Waals surface area contributed by atoms with E-state index in [-0.39, 0.29) is 11.8 Å². The molecule has 0 aromatic carbocycles. The highest BCUT2D eigenvalue weighted by Crippen LogP contribution is 2.20. The Labute approximate surface area is 155 Å². The molecule has 0 bridgehead atoms. The second-order valence-electron chi connectivity index (χ2n) is 6.17. The summed E-state index contributed by atoms with van der Waals surface area (Å²) in [4.78, 5) is 18.6. The Morgan fingerprint density at radius 3 is 2.96 bits per heavy atom. The number of rotatable bonds is 6. The third-order valence-corrected chi connectivity index (χ3v) is 7.84. The number of nitrogens with zero attached hydrogens (tertiary/aromatic N) is 2. The van der Waals surface area contributed by atoms with Gasteiger partial charge in [-0.1, -0.05) is 6.07 Å². The number of piperidine rings is 1. The van der Waals surface area contributed by atoms with Crippen molar-refractivity contribution in [3.63, 3.8) is 0 Å². The van der Waals surface area contributed by atoms with Crippen LogP contribution in [0.25, 0.3) is 0 Å². The standard InChI is InChI=1S/C16H21N3O3S3/c1-12-18-14(11-24-12)8-15(20)19-6-2-4-13(10-19)9-17-25(21,22)16-5-3-7-23-16/h3,5,7,11,13,17H,2,4,6,8-10H2,1H3. The molecule has 1 atom stereocenters. The molecule has 1 amide bonds. The normalized spacial score (nSPS) is 18.4. The van der Waals surface area contributed by atoms with E-state index in [1.165, 1.54) is 11.3 Å². The van der Waals surface area contributed by atoms with Crippen LogP contribution in [0.5, 0.6) is 0 Å². The summed E-state index contributed by atoms with van der Waals surface area (Å²) in [5.41, 5.74) is 0.813. The molecule has 0 saturated carbocycles. The number of aromatic nitrogens is 1. The number of hydrogen-bond acceptors (Lipinski definition) is 6. The van der Waals surface area contributed by atoms with E-state index in [4.69, 9.17) is 0 Å². The zero-order valence-corrected chi connectivity index (χ0v) is 16.4. The molecule has 2 aromatic rings. The van der Waals surface area contributed by atoms with Gasteiger partial charge in [0.1, 0.15) is 4.21 Å². The minimum absolute atomic E-state index is 0.0658. The van der Waals surface area contributed by atoms with E-state index in [0.717, 1.165) is 30.1 Å². The van der Waals surface area contributed by atoms with Crippen LogP contribution in [0.15, 0.2) is 27.1 Å². The Balaban J connectivity index is 1.53. The molecule has 0 radical (unpaired) electrons. The molecule has 0 aliphatic carbocycles. The molecule has 3 heterocycles. The Morgan fingerprint density at radius 2 is 2.28 bits per heavy atom. The van der Waals surface area contributed by atoms with Gasteiger partial charge in [-0.25, -0.2) is 18.1 Å². The number of thiazole rings is 1. The molecular weight excluding hydrogens is 378 g/mol. The number of sulfonamides is 1. The number of hydrogen-bond donors (Lipinski definition) is 1. The molecule has 1 aliphatic rings. The number of amides is 1. The Bertz CT molecular complexity index is 815. The summed E-state index contributed by atoms with van der Waals surface area (Å²) in [6.07, 6.45) is 2.14. The lowest BCUT2D eigenvalue weighted by molar-refractivity contribution is -0.132. The molecule has 0 spiro atoms. The highest BCUT2D eigenvalue weighted by atomic mass is 32.2. The SMILES string of the molecule is Cc1nc(CC(=O)N2CCCC(CNS(=O)(=O)c3cccs3)C2)cs1. The summed E-state index contributed by atoms with van der Waals surface area (Å²) in [7, 11) is -3.44. The van der Waals surface area contributed by atoms with Crippen molar-refractivity contribution in [2.45, 2.75) is 30.4 Å². The van der Waals surface area contributed by atoms with Crippen molar-refractivity contribution in [1.29, 1.82) is 0 Å². The van der Waals surface area contributed by atoms with Crippen LogP contribution in [0.4, 0.5) is 0 Å². The summed E-state index contributed by atoms with van der Waals surface area (Å²) in [5, 5.41) is 4.63. The molecule has 1 N–H and O–H groups in total. The first-order chi connectivity index (χ1) is 11.9. The molecule has 1 aliphatic heterocycles. The Kier molecular flexibility index (Phi) is 5.88. The van der Waals surface area contributed by atoms with Crippen LogP contribution >= 0.6 is 22.7 Å². The van der Waals surface area contributed by atoms with Crippen LogP contribution in [-0.2, 0) is 21.2 Å². The van der Waals surface area contributed by atoms with Gasteiger partial charge in [0.25, 0.3) is 0 Å². The van der Waals surface area contributed by atoms with Gasteiger partial charge in [0.15, 0.2) is 0 Å². The second-order valence-corrected chi connectivity index (χ2v) is 10.2. The first kappa shape index (κ1) is 18.5. The summed E-state index contributed by atoms with van der Waals surface area (Å²) in [6, 6.07) is 3.32. The average molecular weight is 400 g/mol. The lowest BCUT2D eigenvalue weighted by atomic mass is 9.98. The van der Waals surface area contributed by atoms with Gasteiger partial charge in [0.05, 0.1) is 17.1 Å². The smallest absolute Gasteiger partial charge is 0.250 e. The van der Waals surface area contributed by atoms with E-state index in [0.29, 0.717) is 23.7 Å². The second kappa shape index (κ2) is 7.94. The van der Waals surface area contributed by atoms with Crippen molar-refractivity contribution in [3.8, 4) is 0 Å². The van der Waals surface area contributed by atoms with E-state index in [1.54, 1.807) is 28.8 Å². The highest BCUT2D eigenvalue weighted by Gasteiger charge is 2.26. The van der Waals surface area contributed by atoms with Crippen molar-refractivity contribution < 1.29 is 13.2 Å². The zero-order chi connectivity index (χ0) is 17.9. The number of carbonyl (C=O) groups excluding carboxylic acids is 1. The summed E-state index contributed by atoms with van der Waals surface area (Å²) >= 11 is 2.75. The summed E-state index contributed by atoms with van der Waals surface area (Å²) in [6.45, 7) is 3.61. The molecule has 1 unspecified atom stereocenters. The largest absolute Gasteiger partial charge is 0.342 e. The van der Waals surface area contributed by atoms with Crippen molar-refractivity contribution >= 4 is 38.6 Å². The molecular formula is C16H21N3O3S3. The van der Waals surface area contributed by atoms with Crippen molar-refractivity contribution in [2.75, 3.05) is 19.6 Å². The average Bonchev–Trinajstić information content (AvgIpc) is 3.26. The minimum atomic E-state index is -3.44. The number of aryl methyl sites for hydroxylation is 1. The number of likely N-dealkylation sites (tertiary alicyclic amines) is 1. The maximum atomic E-state index is 12.5. The van der Waals surface area contributed by atoms with Crippen LogP contribution in [0.3, 0.4) is 0 Å². The van der Waals surface area contributed by atoms with Gasteiger partial charge in [-0.05, 0) is 37.1 Å². The molecule has 25 heavy (non-hydrogen) atoms. The fraction of sp³-hybridized carbons (Fsp3) is 0.500. The number of nitrogens with one attached hydrogen (secondary N) is 1. The van der Waals surface area contributed by atoms with E-state index < -0.39 is 10.0 Å². The maximum Gasteiger partial charge on any atom is 0.250 e. The molecule has 9 heteroatoms. The molecule has 1 fully saturated rings. The predicted octanol–water partition coefficient (Wildman–Crippen LogP) is 2.27. The third kappa shape index (κ3) is 4.87. The van der Waals surface area contributed by atoms with E-state index in [9.17, 15) is 13.2 Å². The van der Waals surface area contributed by atoms with Crippen molar-refractivity contribution in [3.05, 3.63) is 33.6 Å². The third-order valence-electron chi connectivity index (χ3n) is 4.19. The van der Waals surface area contributed by atoms with Gasteiger partial charge in [-0.15, -0.1) is 22.7 Å². The molecule has 1 saturated heterocycles. The molecule has 3 rings (SSSR count). The quantitative estimate of drug-likeness (QED) is 0.808. The summed E-state index contributed by atoms with van der Waals surface area (Å²) < 4.78 is 27.4. The van der Waals surface area contributed by atoms with Crippen molar-refractivity contribution in [1.82, 2.24) is 14.6 Å². The van der Waals surface area contributed by atoms with Crippen LogP contribution in [0.1, 0.15) is 23.5 Å². The lowest BCUT2D eigenvalue weighted by Gasteiger charge is -2.32. The Hall–Kier alpha value is -1.29. The highest BCUT2D eigenvalue weighted by molar-refractivity contribution is 7.91. The van der Waals surface area contributed by atoms with Gasteiger partial charge in [-0.2, -0.15) is 0 Å². The van der Waals surface area contributed by atoms with E-state index >= 15 is 0 Å². The molecule has 136 valence electrons. The van der Waals surface area contributed by atoms with Gasteiger partial charge >= 0.3 is 0 Å². The lowest BCUT2D eigenvalue weighted by Crippen LogP contribution is -2.44. The first-order valence-corrected chi connectivity index (χ1v) is 11.4. The minimum Gasteiger partial charge on any atom is -0.342 e. The molecule has 2 aromatic heterocycles. The van der Waals surface area contributed by atoms with Gasteiger partial charge in [0, 0.05) is 25.0 Å². The number of carbonyl (C=O) groups is 1. The van der Waals surface area contributed by atoms with Crippen LogP contribution in [0, 0.1) is 12.8 Å². The monoisotopic (exact) mass is 399 g/mol. The van der Waals surface area contributed by atoms with E-state index in [1.807, 2.05) is 17.2 Å². The fourth-order valence-corrected chi connectivity index (χ4v) is 5.70. The fourth-order valence-electron chi connectivity index (χ4n) is 2.93. The zero-order valence-electron chi connectivity index (χ0n) is 14.0. The van der Waals surface area contributed by atoms with E-state index in [2.05, 4.69) is 9.71 Å². The number of thiophene rings is 1. The van der Waals surface area contributed by atoms with Gasteiger partial charge < -0.3 is 4.90 Å². The van der Waals surface area contributed by atoms with Gasteiger partial charge in [0.2, 0.25) is 15.9 Å². The van der Waals surface area contributed by atoms with Crippen LogP contribution in [0.2, 0.25) is 0 Å². The van der Waals surface area contributed by atoms with Crippen LogP contribution in [-0.4, -0.2) is 43.8 Å². The Morgan fingerprint density at radius 1 is 1.44 bits per heavy atom. The summed E-state index contributed by atoms with van der Waals surface area (Å²) in [5.74, 6) is 0.209. The first-order valence-electron chi connectivity index (χ1n) is 8.16. The van der Waals surface area contributed by atoms with Gasteiger partial charge in [-0.3, -0.25) is 4.79 Å². The van der Waals surface area contributed by atoms with Crippen LogP contribution < -0.4 is 4.72 Å². The topological polar surface area (TPSA) is 79.4 Å². The molecule has 6 nitrogen and oxygen atoms in total.